The van der Waals surface area contributed by atoms with E-state index in [0.29, 0.717) is 10.8 Å². The molecule has 140 valence electrons. The fourth-order valence-electron chi connectivity index (χ4n) is 3.35. The highest BCUT2D eigenvalue weighted by Gasteiger charge is 2.22. The van der Waals surface area contributed by atoms with E-state index in [1.807, 2.05) is 24.3 Å². The van der Waals surface area contributed by atoms with Crippen LogP contribution in [0.25, 0.3) is 10.3 Å². The number of ether oxygens (including phenoxy) is 1. The Bertz CT molecular complexity index is 884. The highest BCUT2D eigenvalue weighted by atomic mass is 32.1. The first-order valence-electron chi connectivity index (χ1n) is 9.17. The van der Waals surface area contributed by atoms with Crippen molar-refractivity contribution in [3.8, 4) is 10.9 Å². The third-order valence-corrected chi connectivity index (χ3v) is 5.87. The van der Waals surface area contributed by atoms with Crippen LogP contribution in [0.5, 0.6) is 10.9 Å². The van der Waals surface area contributed by atoms with Crippen LogP contribution in [0.15, 0.2) is 42.6 Å². The number of primary amides is 1. The molecule has 0 saturated carbocycles. The van der Waals surface area contributed by atoms with Crippen LogP contribution in [0.1, 0.15) is 18.4 Å². The van der Waals surface area contributed by atoms with Crippen molar-refractivity contribution in [2.45, 2.75) is 19.3 Å². The lowest BCUT2D eigenvalue weighted by Gasteiger charge is -2.30. The van der Waals surface area contributed by atoms with Gasteiger partial charge in [0.2, 0.25) is 5.91 Å². The predicted molar refractivity (Wildman–Crippen MR) is 106 cm³/mol. The first-order valence-corrected chi connectivity index (χ1v) is 9.99. The zero-order chi connectivity index (χ0) is 18.6. The summed E-state index contributed by atoms with van der Waals surface area (Å²) in [4.78, 5) is 22.3. The fraction of sp³-hybridized carbons (Fsp3) is 0.350. The van der Waals surface area contributed by atoms with E-state index in [-0.39, 0.29) is 11.8 Å². The maximum absolute atomic E-state index is 11.2. The van der Waals surface area contributed by atoms with Crippen molar-refractivity contribution in [1.29, 1.82) is 0 Å². The van der Waals surface area contributed by atoms with Gasteiger partial charge in [0.05, 0.1) is 4.70 Å². The highest BCUT2D eigenvalue weighted by Crippen LogP contribution is 2.30. The average molecular weight is 382 g/mol. The summed E-state index contributed by atoms with van der Waals surface area (Å²) < 4.78 is 6.88. The molecule has 6 nitrogen and oxygen atoms in total. The van der Waals surface area contributed by atoms with Crippen molar-refractivity contribution in [1.82, 2.24) is 14.9 Å². The topological polar surface area (TPSA) is 81.3 Å². The smallest absolute Gasteiger partial charge is 0.281 e. The summed E-state index contributed by atoms with van der Waals surface area (Å²) in [5.74, 6) is 0.671. The monoisotopic (exact) mass is 382 g/mol. The van der Waals surface area contributed by atoms with Gasteiger partial charge in [-0.25, -0.2) is 4.98 Å². The molecule has 0 aliphatic carbocycles. The molecular formula is C20H22N4O2S. The quantitative estimate of drug-likeness (QED) is 0.708. The van der Waals surface area contributed by atoms with E-state index in [1.165, 1.54) is 16.9 Å². The fourth-order valence-corrected chi connectivity index (χ4v) is 4.14. The van der Waals surface area contributed by atoms with Crippen LogP contribution in [0.4, 0.5) is 0 Å². The molecule has 0 unspecified atom stereocenters. The molecule has 0 spiro atoms. The molecule has 1 fully saturated rings. The Morgan fingerprint density at radius 1 is 1.22 bits per heavy atom. The number of carbonyl (C=O) groups is 1. The molecule has 1 saturated heterocycles. The number of nitrogens with zero attached hydrogens (tertiary/aromatic N) is 3. The maximum Gasteiger partial charge on any atom is 0.281 e. The van der Waals surface area contributed by atoms with Crippen LogP contribution in [-0.2, 0) is 11.2 Å². The number of benzene rings is 1. The Morgan fingerprint density at radius 2 is 2.00 bits per heavy atom. The summed E-state index contributed by atoms with van der Waals surface area (Å²) in [6.07, 6.45) is 4.46. The van der Waals surface area contributed by atoms with Gasteiger partial charge < -0.3 is 15.4 Å². The van der Waals surface area contributed by atoms with Crippen LogP contribution in [0.3, 0.4) is 0 Å². The van der Waals surface area contributed by atoms with Gasteiger partial charge in [-0.15, -0.1) is 0 Å². The Kier molecular flexibility index (Phi) is 5.31. The van der Waals surface area contributed by atoms with E-state index in [4.69, 9.17) is 10.5 Å². The lowest BCUT2D eigenvalue weighted by atomic mass is 9.96. The number of nitrogens with two attached hydrogens (primary N) is 1. The molecule has 1 aliphatic heterocycles. The van der Waals surface area contributed by atoms with E-state index >= 15 is 0 Å². The van der Waals surface area contributed by atoms with Crippen molar-refractivity contribution >= 4 is 27.6 Å². The summed E-state index contributed by atoms with van der Waals surface area (Å²) in [6.45, 7) is 2.89. The Morgan fingerprint density at radius 3 is 2.70 bits per heavy atom. The van der Waals surface area contributed by atoms with Gasteiger partial charge in [-0.05, 0) is 62.2 Å². The first-order chi connectivity index (χ1) is 13.2. The van der Waals surface area contributed by atoms with Gasteiger partial charge in [-0.1, -0.05) is 23.5 Å². The standard InChI is InChI=1S/C20H22N4O2S/c21-18(25)15-8-12-24(13-9-15)11-7-14-3-5-16(6-4-14)26-20-23-19-17(27-20)2-1-10-22-19/h1-6,10,15H,7-9,11-13H2,(H2,21,25). The van der Waals surface area contributed by atoms with Gasteiger partial charge in [0.1, 0.15) is 5.75 Å². The second-order valence-electron chi connectivity index (χ2n) is 6.82. The minimum absolute atomic E-state index is 0.0513. The molecule has 3 heterocycles. The summed E-state index contributed by atoms with van der Waals surface area (Å²) in [7, 11) is 0. The number of hydrogen-bond acceptors (Lipinski definition) is 6. The molecule has 2 aromatic heterocycles. The number of piperidine rings is 1. The third kappa shape index (κ3) is 4.43. The zero-order valence-corrected chi connectivity index (χ0v) is 15.8. The Hall–Kier alpha value is -2.51. The number of carbonyl (C=O) groups excluding carboxylic acids is 1. The summed E-state index contributed by atoms with van der Waals surface area (Å²) in [5, 5.41) is 0.605. The van der Waals surface area contributed by atoms with Crippen molar-refractivity contribution in [3.63, 3.8) is 0 Å². The van der Waals surface area contributed by atoms with Crippen LogP contribution < -0.4 is 10.5 Å². The summed E-state index contributed by atoms with van der Waals surface area (Å²) >= 11 is 1.49. The number of fused-ring (bicyclic) bond motifs is 1. The largest absolute Gasteiger partial charge is 0.431 e. The van der Waals surface area contributed by atoms with Crippen LogP contribution in [0.2, 0.25) is 0 Å². The van der Waals surface area contributed by atoms with Gasteiger partial charge >= 0.3 is 0 Å². The van der Waals surface area contributed by atoms with Crippen molar-refractivity contribution < 1.29 is 9.53 Å². The van der Waals surface area contributed by atoms with Gasteiger partial charge in [-0.3, -0.25) is 4.79 Å². The molecule has 1 aromatic carbocycles. The van der Waals surface area contributed by atoms with E-state index < -0.39 is 0 Å². The number of thiazole rings is 1. The van der Waals surface area contributed by atoms with Crippen molar-refractivity contribution in [2.24, 2.45) is 11.7 Å². The van der Waals surface area contributed by atoms with Gasteiger partial charge in [0.25, 0.3) is 5.19 Å². The lowest BCUT2D eigenvalue weighted by Crippen LogP contribution is -2.39. The summed E-state index contributed by atoms with van der Waals surface area (Å²) in [6, 6.07) is 12.0. The maximum atomic E-state index is 11.2. The Labute approximate surface area is 162 Å². The van der Waals surface area contributed by atoms with E-state index in [9.17, 15) is 4.79 Å². The van der Waals surface area contributed by atoms with Crippen LogP contribution >= 0.6 is 11.3 Å². The normalized spacial score (nSPS) is 15.9. The molecule has 0 bridgehead atoms. The number of hydrogen-bond donors (Lipinski definition) is 1. The van der Waals surface area contributed by atoms with E-state index in [2.05, 4.69) is 27.0 Å². The van der Waals surface area contributed by atoms with E-state index in [0.717, 1.165) is 49.3 Å². The zero-order valence-electron chi connectivity index (χ0n) is 15.0. The molecule has 4 rings (SSSR count). The molecule has 0 radical (unpaired) electrons. The number of likely N-dealkylation sites (tertiary alicyclic amines) is 1. The van der Waals surface area contributed by atoms with Gasteiger partial charge in [0.15, 0.2) is 5.65 Å². The highest BCUT2D eigenvalue weighted by molar-refractivity contribution is 7.20. The first kappa shape index (κ1) is 17.9. The molecule has 3 aromatic rings. The van der Waals surface area contributed by atoms with Gasteiger partial charge in [0, 0.05) is 18.7 Å². The molecule has 1 aliphatic rings. The van der Waals surface area contributed by atoms with Crippen LogP contribution in [0, 0.1) is 5.92 Å². The molecule has 1 amide bonds. The minimum atomic E-state index is -0.158. The second kappa shape index (κ2) is 8.02. The number of amides is 1. The molecule has 0 atom stereocenters. The minimum Gasteiger partial charge on any atom is -0.431 e. The summed E-state index contributed by atoms with van der Waals surface area (Å²) in [5.41, 5.74) is 7.38. The molecule has 7 heteroatoms. The molecule has 2 N–H and O–H groups in total. The van der Waals surface area contributed by atoms with Crippen molar-refractivity contribution in [3.05, 3.63) is 48.2 Å². The van der Waals surface area contributed by atoms with Gasteiger partial charge in [-0.2, -0.15) is 4.98 Å². The lowest BCUT2D eigenvalue weighted by molar-refractivity contribution is -0.123. The van der Waals surface area contributed by atoms with Crippen LogP contribution in [-0.4, -0.2) is 40.4 Å². The molecular weight excluding hydrogens is 360 g/mol. The second-order valence-corrected chi connectivity index (χ2v) is 7.81. The van der Waals surface area contributed by atoms with Crippen molar-refractivity contribution in [2.75, 3.05) is 19.6 Å². The average Bonchev–Trinajstić information content (AvgIpc) is 3.10. The third-order valence-electron chi connectivity index (χ3n) is 4.98. The number of pyridine rings is 1. The Balaban J connectivity index is 1.29. The van der Waals surface area contributed by atoms with E-state index in [1.54, 1.807) is 6.20 Å². The number of rotatable bonds is 6. The molecule has 27 heavy (non-hydrogen) atoms. The SMILES string of the molecule is NC(=O)C1CCN(CCc2ccc(Oc3nc4ncccc4s3)cc2)CC1. The number of aromatic nitrogens is 2. The predicted octanol–water partition coefficient (Wildman–Crippen LogP) is 3.22.